The summed E-state index contributed by atoms with van der Waals surface area (Å²) in [6, 6.07) is 8.56. The van der Waals surface area contributed by atoms with Crippen LogP contribution >= 0.6 is 24.8 Å². The van der Waals surface area contributed by atoms with Crippen LogP contribution in [0, 0.1) is 11.8 Å². The van der Waals surface area contributed by atoms with Crippen LogP contribution in [0.15, 0.2) is 24.3 Å². The maximum Gasteiger partial charge on any atom is 0.308 e. The van der Waals surface area contributed by atoms with E-state index in [0.717, 1.165) is 57.2 Å². The Bertz CT molecular complexity index is 641. The zero-order chi connectivity index (χ0) is 19.2. The fourth-order valence-corrected chi connectivity index (χ4v) is 4.20. The van der Waals surface area contributed by atoms with Crippen molar-refractivity contribution in [2.45, 2.75) is 51.1 Å². The number of anilines is 1. The Morgan fingerprint density at radius 1 is 1.00 bits per heavy atom. The molecule has 1 amide bonds. The predicted molar refractivity (Wildman–Crippen MR) is 120 cm³/mol. The average molecular weight is 446 g/mol. The van der Waals surface area contributed by atoms with Gasteiger partial charge in [-0.1, -0.05) is 12.1 Å². The van der Waals surface area contributed by atoms with Crippen molar-refractivity contribution < 1.29 is 14.3 Å². The number of benzene rings is 1. The number of esters is 1. The van der Waals surface area contributed by atoms with Crippen molar-refractivity contribution in [3.8, 4) is 0 Å². The van der Waals surface area contributed by atoms with Gasteiger partial charge in [0.05, 0.1) is 13.0 Å². The highest BCUT2D eigenvalue weighted by atomic mass is 35.5. The molecule has 8 heteroatoms. The summed E-state index contributed by atoms with van der Waals surface area (Å²) in [7, 11) is 1.44. The average Bonchev–Trinajstić information content (AvgIpc) is 2.74. The molecule has 1 saturated heterocycles. The number of hydrogen-bond acceptors (Lipinski definition) is 5. The van der Waals surface area contributed by atoms with Gasteiger partial charge in [0.2, 0.25) is 5.91 Å². The van der Waals surface area contributed by atoms with Crippen molar-refractivity contribution in [1.29, 1.82) is 0 Å². The largest absolute Gasteiger partial charge is 0.469 e. The molecule has 6 nitrogen and oxygen atoms in total. The third-order valence-electron chi connectivity index (χ3n) is 6.01. The molecule has 1 aromatic carbocycles. The molecule has 0 aromatic heterocycles. The standard InChI is InChI=1S/C21H31N3O3.2ClH/c1-27-21(26)17-4-6-18(7-5-17)23-20(25)16-10-12-24(13-11-16)19-8-2-15(14-22)3-9-19;;/h2-3,8-9,16-18H,4-7,10-14,22H2,1H3,(H,23,25);2*1H. The van der Waals surface area contributed by atoms with Crippen LogP contribution in [-0.2, 0) is 20.9 Å². The summed E-state index contributed by atoms with van der Waals surface area (Å²) < 4.78 is 4.82. The first kappa shape index (κ1) is 25.5. The molecule has 29 heavy (non-hydrogen) atoms. The van der Waals surface area contributed by atoms with Crippen LogP contribution in [0.25, 0.3) is 0 Å². The van der Waals surface area contributed by atoms with E-state index in [4.69, 9.17) is 10.5 Å². The van der Waals surface area contributed by atoms with Gasteiger partial charge in [-0.2, -0.15) is 0 Å². The van der Waals surface area contributed by atoms with Crippen LogP contribution in [-0.4, -0.2) is 38.1 Å². The van der Waals surface area contributed by atoms with Gasteiger partial charge in [-0.15, -0.1) is 24.8 Å². The number of nitrogens with zero attached hydrogens (tertiary/aromatic N) is 1. The lowest BCUT2D eigenvalue weighted by Crippen LogP contribution is -2.45. The van der Waals surface area contributed by atoms with Crippen molar-refractivity contribution in [1.82, 2.24) is 5.32 Å². The zero-order valence-corrected chi connectivity index (χ0v) is 18.6. The van der Waals surface area contributed by atoms with Gasteiger partial charge in [0, 0.05) is 37.3 Å². The van der Waals surface area contributed by atoms with Crippen molar-refractivity contribution in [3.05, 3.63) is 29.8 Å². The molecule has 164 valence electrons. The van der Waals surface area contributed by atoms with Crippen LogP contribution in [0.3, 0.4) is 0 Å². The molecule has 1 aliphatic carbocycles. The van der Waals surface area contributed by atoms with Gasteiger partial charge < -0.3 is 20.7 Å². The van der Waals surface area contributed by atoms with Crippen LogP contribution in [0.1, 0.15) is 44.1 Å². The molecule has 1 heterocycles. The maximum absolute atomic E-state index is 12.6. The van der Waals surface area contributed by atoms with Crippen LogP contribution in [0.4, 0.5) is 5.69 Å². The first-order valence-corrected chi connectivity index (χ1v) is 10.0. The van der Waals surface area contributed by atoms with Crippen molar-refractivity contribution in [2.75, 3.05) is 25.1 Å². The minimum Gasteiger partial charge on any atom is -0.469 e. The van der Waals surface area contributed by atoms with Crippen molar-refractivity contribution in [3.63, 3.8) is 0 Å². The summed E-state index contributed by atoms with van der Waals surface area (Å²) in [6.07, 6.45) is 5.07. The number of ether oxygens (including phenoxy) is 1. The number of halogens is 2. The Morgan fingerprint density at radius 2 is 1.59 bits per heavy atom. The second kappa shape index (κ2) is 12.3. The summed E-state index contributed by atoms with van der Waals surface area (Å²) >= 11 is 0. The van der Waals surface area contributed by atoms with E-state index in [1.165, 1.54) is 12.8 Å². The Labute approximate surface area is 185 Å². The maximum atomic E-state index is 12.6. The highest BCUT2D eigenvalue weighted by Crippen LogP contribution is 2.27. The molecule has 0 atom stereocenters. The van der Waals surface area contributed by atoms with E-state index >= 15 is 0 Å². The highest BCUT2D eigenvalue weighted by molar-refractivity contribution is 5.85. The molecule has 0 spiro atoms. The lowest BCUT2D eigenvalue weighted by Gasteiger charge is -2.34. The molecular formula is C21H33Cl2N3O3. The number of carbonyl (C=O) groups is 2. The number of carbonyl (C=O) groups excluding carboxylic acids is 2. The Balaban J connectivity index is 0.00000210. The second-order valence-corrected chi connectivity index (χ2v) is 7.71. The number of amides is 1. The highest BCUT2D eigenvalue weighted by Gasteiger charge is 2.30. The monoisotopic (exact) mass is 445 g/mol. The lowest BCUT2D eigenvalue weighted by molar-refractivity contribution is -0.146. The molecule has 0 radical (unpaired) electrons. The van der Waals surface area contributed by atoms with Crippen molar-refractivity contribution in [2.24, 2.45) is 17.6 Å². The molecule has 1 saturated carbocycles. The summed E-state index contributed by atoms with van der Waals surface area (Å²) in [4.78, 5) is 26.6. The third kappa shape index (κ3) is 6.76. The fraction of sp³-hybridized carbons (Fsp3) is 0.619. The normalized spacial score (nSPS) is 22.1. The molecule has 2 aliphatic rings. The van der Waals surface area contributed by atoms with Gasteiger partial charge in [-0.05, 0) is 56.2 Å². The lowest BCUT2D eigenvalue weighted by atomic mass is 9.85. The van der Waals surface area contributed by atoms with E-state index < -0.39 is 0 Å². The first-order valence-electron chi connectivity index (χ1n) is 10.0. The Morgan fingerprint density at radius 3 is 2.10 bits per heavy atom. The minimum absolute atomic E-state index is 0. The number of rotatable bonds is 5. The smallest absolute Gasteiger partial charge is 0.308 e. The molecule has 3 N–H and O–H groups in total. The molecule has 0 bridgehead atoms. The molecule has 0 unspecified atom stereocenters. The Hall–Kier alpha value is -1.50. The first-order chi connectivity index (χ1) is 13.1. The third-order valence-corrected chi connectivity index (χ3v) is 6.01. The number of nitrogens with one attached hydrogen (secondary N) is 1. The summed E-state index contributed by atoms with van der Waals surface area (Å²) in [5.74, 6) is 0.140. The van der Waals surface area contributed by atoms with Crippen molar-refractivity contribution >= 4 is 42.4 Å². The van der Waals surface area contributed by atoms with Crippen LogP contribution in [0.5, 0.6) is 0 Å². The van der Waals surface area contributed by atoms with E-state index in [9.17, 15) is 9.59 Å². The van der Waals surface area contributed by atoms with Gasteiger partial charge in [-0.3, -0.25) is 9.59 Å². The summed E-state index contributed by atoms with van der Waals surface area (Å²) in [5, 5.41) is 3.21. The van der Waals surface area contributed by atoms with Gasteiger partial charge in [0.25, 0.3) is 0 Å². The number of hydrogen-bond donors (Lipinski definition) is 2. The minimum atomic E-state index is -0.119. The number of nitrogens with two attached hydrogens (primary N) is 1. The molecule has 1 aliphatic heterocycles. The van der Waals surface area contributed by atoms with Crippen LogP contribution < -0.4 is 16.0 Å². The fourth-order valence-electron chi connectivity index (χ4n) is 4.20. The van der Waals surface area contributed by atoms with Gasteiger partial charge in [-0.25, -0.2) is 0 Å². The molecule has 3 rings (SSSR count). The summed E-state index contributed by atoms with van der Waals surface area (Å²) in [5.41, 5.74) is 7.99. The zero-order valence-electron chi connectivity index (χ0n) is 17.0. The molecular weight excluding hydrogens is 413 g/mol. The van der Waals surface area contributed by atoms with E-state index in [0.29, 0.717) is 6.54 Å². The Kier molecular flexibility index (Phi) is 10.8. The van der Waals surface area contributed by atoms with Gasteiger partial charge in [0.1, 0.15) is 0 Å². The van der Waals surface area contributed by atoms with E-state index in [1.54, 1.807) is 0 Å². The van der Waals surface area contributed by atoms with E-state index in [2.05, 4.69) is 34.5 Å². The number of piperidine rings is 1. The van der Waals surface area contributed by atoms with Crippen LogP contribution in [0.2, 0.25) is 0 Å². The van der Waals surface area contributed by atoms with Gasteiger partial charge in [0.15, 0.2) is 0 Å². The number of methoxy groups -OCH3 is 1. The van der Waals surface area contributed by atoms with E-state index in [-0.39, 0.29) is 54.6 Å². The van der Waals surface area contributed by atoms with Gasteiger partial charge >= 0.3 is 5.97 Å². The predicted octanol–water partition coefficient (Wildman–Crippen LogP) is 3.05. The second-order valence-electron chi connectivity index (χ2n) is 7.71. The van der Waals surface area contributed by atoms with E-state index in [1.807, 2.05) is 0 Å². The topological polar surface area (TPSA) is 84.7 Å². The molecule has 1 aromatic rings. The molecule has 2 fully saturated rings. The summed E-state index contributed by atoms with van der Waals surface area (Å²) in [6.45, 7) is 2.36. The SMILES string of the molecule is COC(=O)C1CCC(NC(=O)C2CCN(c3ccc(CN)cc3)CC2)CC1.Cl.Cl. The quantitative estimate of drug-likeness (QED) is 0.680.